The van der Waals surface area contributed by atoms with Crippen molar-refractivity contribution >= 4 is 39.5 Å². The minimum atomic E-state index is -4.95. The standard InChI is InChI=1S/C73H142O17P2/c1-6-10-13-16-19-22-24-26-28-30-31-33-35-37-39-42-48-53-58-72(77)89-68(62-84-71(76)57-52-47-41-38-36-34-32-29-27-25-23-20-17-14-11-7-2)64-87-91(79,80)85-60-67(74)61-86-92(81,82)88-65-69(63-83-70(75)56-51-46-40-21-18-15-12-8-3)90-73(78)59-54-49-44-43-45-50-55-66(5)9-4/h66-69,74H,6-65H2,1-5H3,(H,79,80)(H,81,82)/t66?,67-,68-,69-/m1/s1. The van der Waals surface area contributed by atoms with Crippen molar-refractivity contribution in [2.45, 2.75) is 400 Å². The molecule has 3 N–H and O–H groups in total. The maximum atomic E-state index is 13.1. The average Bonchev–Trinajstić information content (AvgIpc) is 1.87. The summed E-state index contributed by atoms with van der Waals surface area (Å²) in [6.07, 6.45) is 54.3. The Hall–Kier alpha value is -1.94. The van der Waals surface area contributed by atoms with Crippen LogP contribution in [0.25, 0.3) is 0 Å². The molecule has 19 heteroatoms. The molecule has 0 spiro atoms. The highest BCUT2D eigenvalue weighted by atomic mass is 31.2. The third-order valence-electron chi connectivity index (χ3n) is 17.4. The van der Waals surface area contributed by atoms with Gasteiger partial charge < -0.3 is 33.8 Å². The van der Waals surface area contributed by atoms with E-state index in [9.17, 15) is 43.2 Å². The van der Waals surface area contributed by atoms with Crippen LogP contribution >= 0.6 is 15.6 Å². The first kappa shape index (κ1) is 90.1. The van der Waals surface area contributed by atoms with Crippen molar-refractivity contribution < 1.29 is 80.2 Å². The molecule has 0 aromatic carbocycles. The number of carbonyl (C=O) groups is 4. The van der Waals surface area contributed by atoms with Crippen LogP contribution in [0.4, 0.5) is 0 Å². The van der Waals surface area contributed by atoms with Crippen molar-refractivity contribution in [3.63, 3.8) is 0 Å². The van der Waals surface area contributed by atoms with Gasteiger partial charge in [0.1, 0.15) is 19.3 Å². The van der Waals surface area contributed by atoms with Crippen LogP contribution in [-0.4, -0.2) is 96.7 Å². The van der Waals surface area contributed by atoms with E-state index in [4.69, 9.17) is 37.0 Å². The van der Waals surface area contributed by atoms with Gasteiger partial charge in [-0.15, -0.1) is 0 Å². The topological polar surface area (TPSA) is 237 Å². The third-order valence-corrected chi connectivity index (χ3v) is 19.3. The van der Waals surface area contributed by atoms with Crippen molar-refractivity contribution in [2.24, 2.45) is 5.92 Å². The van der Waals surface area contributed by atoms with E-state index in [1.807, 2.05) is 0 Å². The van der Waals surface area contributed by atoms with Gasteiger partial charge in [0.15, 0.2) is 12.2 Å². The lowest BCUT2D eigenvalue weighted by atomic mass is 10.00. The molecule has 546 valence electrons. The Morgan fingerprint density at radius 2 is 0.522 bits per heavy atom. The summed E-state index contributed by atoms with van der Waals surface area (Å²) in [5, 5.41) is 10.6. The van der Waals surface area contributed by atoms with Gasteiger partial charge >= 0.3 is 39.5 Å². The van der Waals surface area contributed by atoms with E-state index in [1.54, 1.807) is 0 Å². The highest BCUT2D eigenvalue weighted by Gasteiger charge is 2.30. The summed E-state index contributed by atoms with van der Waals surface area (Å²) in [7, 11) is -9.90. The smallest absolute Gasteiger partial charge is 0.462 e. The van der Waals surface area contributed by atoms with E-state index < -0.39 is 97.5 Å². The van der Waals surface area contributed by atoms with Gasteiger partial charge in [0.2, 0.25) is 0 Å². The summed E-state index contributed by atoms with van der Waals surface area (Å²) in [5.41, 5.74) is 0. The van der Waals surface area contributed by atoms with Crippen molar-refractivity contribution in [1.82, 2.24) is 0 Å². The van der Waals surface area contributed by atoms with E-state index in [-0.39, 0.29) is 25.7 Å². The van der Waals surface area contributed by atoms with Crippen LogP contribution in [0.5, 0.6) is 0 Å². The zero-order valence-electron chi connectivity index (χ0n) is 59.7. The van der Waals surface area contributed by atoms with Crippen molar-refractivity contribution in [1.29, 1.82) is 0 Å². The van der Waals surface area contributed by atoms with Crippen LogP contribution in [0.3, 0.4) is 0 Å². The number of aliphatic hydroxyl groups is 1. The second-order valence-electron chi connectivity index (χ2n) is 26.6. The SMILES string of the molecule is CCCCCCCCCCCCCCCCCCCCC(=O)O[C@H](COC(=O)CCCCCCCCCCCCCCCCCC)COP(=O)(O)OC[C@@H](O)COP(=O)(O)OC[C@@H](COC(=O)CCCCCCCCCC)OC(=O)CCCCCCCCC(C)CC. The predicted octanol–water partition coefficient (Wildman–Crippen LogP) is 21.3. The predicted molar refractivity (Wildman–Crippen MR) is 372 cm³/mol. The summed E-state index contributed by atoms with van der Waals surface area (Å²) in [4.78, 5) is 72.6. The fourth-order valence-corrected chi connectivity index (χ4v) is 12.7. The largest absolute Gasteiger partial charge is 0.472 e. The van der Waals surface area contributed by atoms with Crippen LogP contribution in [0.1, 0.15) is 381 Å². The summed E-state index contributed by atoms with van der Waals surface area (Å²) < 4.78 is 68.3. The normalized spacial score (nSPS) is 14.3. The summed E-state index contributed by atoms with van der Waals surface area (Å²) in [6.45, 7) is 7.20. The molecule has 0 aromatic rings. The molecule has 92 heavy (non-hydrogen) atoms. The molecule has 0 aliphatic rings. The number of rotatable bonds is 73. The van der Waals surface area contributed by atoms with Crippen LogP contribution in [0, 0.1) is 5.92 Å². The van der Waals surface area contributed by atoms with Crippen LogP contribution in [0.15, 0.2) is 0 Å². The molecule has 0 aliphatic carbocycles. The number of esters is 4. The van der Waals surface area contributed by atoms with Crippen LogP contribution in [0.2, 0.25) is 0 Å². The Morgan fingerprint density at radius 1 is 0.304 bits per heavy atom. The molecule has 0 aliphatic heterocycles. The first-order chi connectivity index (χ1) is 44.6. The first-order valence-electron chi connectivity index (χ1n) is 38.2. The fourth-order valence-electron chi connectivity index (χ4n) is 11.1. The van der Waals surface area contributed by atoms with E-state index in [0.29, 0.717) is 25.7 Å². The number of ether oxygens (including phenoxy) is 4. The lowest BCUT2D eigenvalue weighted by Gasteiger charge is -2.21. The van der Waals surface area contributed by atoms with Crippen molar-refractivity contribution in [3.8, 4) is 0 Å². The summed E-state index contributed by atoms with van der Waals surface area (Å²) >= 11 is 0. The average molecular weight is 1350 g/mol. The summed E-state index contributed by atoms with van der Waals surface area (Å²) in [5.74, 6) is -1.40. The van der Waals surface area contributed by atoms with E-state index >= 15 is 0 Å². The third kappa shape index (κ3) is 65.4. The molecule has 0 saturated carbocycles. The molecule has 0 heterocycles. The maximum Gasteiger partial charge on any atom is 0.472 e. The number of carbonyl (C=O) groups excluding carboxylic acids is 4. The van der Waals surface area contributed by atoms with Gasteiger partial charge in [-0.25, -0.2) is 9.13 Å². The fraction of sp³-hybridized carbons (Fsp3) is 0.945. The molecule has 0 bridgehead atoms. The first-order valence-corrected chi connectivity index (χ1v) is 41.2. The molecule has 3 unspecified atom stereocenters. The number of phosphoric acid groups is 2. The van der Waals surface area contributed by atoms with Crippen molar-refractivity contribution in [2.75, 3.05) is 39.6 Å². The minimum absolute atomic E-state index is 0.103. The Bertz CT molecular complexity index is 1770. The zero-order valence-corrected chi connectivity index (χ0v) is 61.5. The zero-order chi connectivity index (χ0) is 67.7. The highest BCUT2D eigenvalue weighted by Crippen LogP contribution is 2.45. The molecule has 0 aromatic heterocycles. The van der Waals surface area contributed by atoms with Gasteiger partial charge in [-0.2, -0.15) is 0 Å². The Morgan fingerprint density at radius 3 is 0.772 bits per heavy atom. The molecule has 0 radical (unpaired) electrons. The Kier molecular flexibility index (Phi) is 64.9. The van der Waals surface area contributed by atoms with Gasteiger partial charge in [0.25, 0.3) is 0 Å². The number of unbranched alkanes of at least 4 members (excludes halogenated alkanes) is 44. The van der Waals surface area contributed by atoms with Gasteiger partial charge in [0.05, 0.1) is 26.4 Å². The van der Waals surface area contributed by atoms with Gasteiger partial charge in [-0.3, -0.25) is 37.3 Å². The quantitative estimate of drug-likeness (QED) is 0.0222. The molecule has 17 nitrogen and oxygen atoms in total. The summed E-state index contributed by atoms with van der Waals surface area (Å²) in [6, 6.07) is 0. The number of aliphatic hydroxyl groups excluding tert-OH is 1. The molecule has 6 atom stereocenters. The van der Waals surface area contributed by atoms with E-state index in [1.165, 1.54) is 199 Å². The Balaban J connectivity index is 5.20. The number of hydrogen-bond donors (Lipinski definition) is 3. The monoisotopic (exact) mass is 1350 g/mol. The second-order valence-corrected chi connectivity index (χ2v) is 29.5. The lowest BCUT2D eigenvalue weighted by Crippen LogP contribution is -2.30. The second kappa shape index (κ2) is 66.3. The van der Waals surface area contributed by atoms with Gasteiger partial charge in [0, 0.05) is 25.7 Å². The molecular formula is C73H142O17P2. The van der Waals surface area contributed by atoms with Crippen LogP contribution < -0.4 is 0 Å². The van der Waals surface area contributed by atoms with E-state index in [2.05, 4.69) is 34.6 Å². The maximum absolute atomic E-state index is 13.1. The lowest BCUT2D eigenvalue weighted by molar-refractivity contribution is -0.161. The number of hydrogen-bond acceptors (Lipinski definition) is 15. The molecular weight excluding hydrogens is 1210 g/mol. The minimum Gasteiger partial charge on any atom is -0.462 e. The highest BCUT2D eigenvalue weighted by molar-refractivity contribution is 7.47. The van der Waals surface area contributed by atoms with Crippen molar-refractivity contribution in [3.05, 3.63) is 0 Å². The molecule has 0 saturated heterocycles. The molecule has 0 rings (SSSR count). The van der Waals surface area contributed by atoms with Gasteiger partial charge in [-0.1, -0.05) is 330 Å². The van der Waals surface area contributed by atoms with Gasteiger partial charge in [-0.05, 0) is 31.6 Å². The molecule has 0 fully saturated rings. The molecule has 0 amide bonds. The number of phosphoric ester groups is 2. The van der Waals surface area contributed by atoms with E-state index in [0.717, 1.165) is 102 Å². The Labute approximate surface area is 562 Å². The van der Waals surface area contributed by atoms with Crippen LogP contribution in [-0.2, 0) is 65.4 Å².